The topological polar surface area (TPSA) is 59.4 Å². The van der Waals surface area contributed by atoms with Gasteiger partial charge in [-0.05, 0) is 40.0 Å². The molecule has 0 saturated carbocycles. The standard InChI is InChI=1S/C16H28N4O2/c1-5-10-20-14(6-9-17-20)18-13-7-11-19(12-8-13)15(21)22-16(2,3)4/h6,9,13,18H,5,7-8,10-12H2,1-4H3. The Bertz CT molecular complexity index is 485. The summed E-state index contributed by atoms with van der Waals surface area (Å²) in [5.41, 5.74) is -0.432. The monoisotopic (exact) mass is 308 g/mol. The van der Waals surface area contributed by atoms with Gasteiger partial charge in [-0.1, -0.05) is 6.92 Å². The molecule has 1 fully saturated rings. The second-order valence-electron chi connectivity index (χ2n) is 6.83. The zero-order chi connectivity index (χ0) is 16.2. The highest BCUT2D eigenvalue weighted by Crippen LogP contribution is 2.19. The molecule has 1 saturated heterocycles. The van der Waals surface area contributed by atoms with Crippen LogP contribution in [-0.2, 0) is 11.3 Å². The Morgan fingerprint density at radius 3 is 2.68 bits per heavy atom. The van der Waals surface area contributed by atoms with Gasteiger partial charge in [0.15, 0.2) is 0 Å². The summed E-state index contributed by atoms with van der Waals surface area (Å²) < 4.78 is 7.42. The summed E-state index contributed by atoms with van der Waals surface area (Å²) in [5, 5.41) is 7.87. The van der Waals surface area contributed by atoms with Crippen molar-refractivity contribution in [3.8, 4) is 0 Å². The van der Waals surface area contributed by atoms with Crippen LogP contribution in [0.2, 0.25) is 0 Å². The summed E-state index contributed by atoms with van der Waals surface area (Å²) in [6, 6.07) is 2.39. The maximum Gasteiger partial charge on any atom is 0.410 e. The van der Waals surface area contributed by atoms with E-state index in [4.69, 9.17) is 4.74 Å². The molecule has 1 N–H and O–H groups in total. The van der Waals surface area contributed by atoms with Gasteiger partial charge in [0.25, 0.3) is 0 Å². The molecule has 1 aromatic heterocycles. The van der Waals surface area contributed by atoms with Gasteiger partial charge in [-0.3, -0.25) is 0 Å². The summed E-state index contributed by atoms with van der Waals surface area (Å²) >= 11 is 0. The molecule has 22 heavy (non-hydrogen) atoms. The summed E-state index contributed by atoms with van der Waals surface area (Å²) in [6.45, 7) is 10.2. The fourth-order valence-electron chi connectivity index (χ4n) is 2.59. The van der Waals surface area contributed by atoms with Crippen LogP contribution in [0.1, 0.15) is 47.0 Å². The van der Waals surface area contributed by atoms with Gasteiger partial charge in [0.2, 0.25) is 0 Å². The summed E-state index contributed by atoms with van der Waals surface area (Å²) in [5.74, 6) is 1.07. The van der Waals surface area contributed by atoms with Gasteiger partial charge >= 0.3 is 6.09 Å². The van der Waals surface area contributed by atoms with Crippen LogP contribution in [0.3, 0.4) is 0 Å². The first-order valence-electron chi connectivity index (χ1n) is 8.15. The number of hydrogen-bond acceptors (Lipinski definition) is 4. The van der Waals surface area contributed by atoms with Crippen molar-refractivity contribution in [2.24, 2.45) is 0 Å². The Morgan fingerprint density at radius 1 is 1.41 bits per heavy atom. The number of carbonyl (C=O) groups excluding carboxylic acids is 1. The first-order chi connectivity index (χ1) is 10.4. The zero-order valence-corrected chi connectivity index (χ0v) is 14.1. The van der Waals surface area contributed by atoms with E-state index < -0.39 is 5.60 Å². The van der Waals surface area contributed by atoms with Gasteiger partial charge in [-0.2, -0.15) is 5.10 Å². The first kappa shape index (κ1) is 16.6. The van der Waals surface area contributed by atoms with Gasteiger partial charge in [0, 0.05) is 31.7 Å². The molecule has 0 aromatic carbocycles. The average molecular weight is 308 g/mol. The van der Waals surface area contributed by atoms with E-state index in [1.165, 1.54) is 0 Å². The van der Waals surface area contributed by atoms with E-state index >= 15 is 0 Å². The number of nitrogens with one attached hydrogen (secondary N) is 1. The molecule has 0 aliphatic carbocycles. The number of hydrogen-bond donors (Lipinski definition) is 1. The molecule has 1 amide bonds. The third kappa shape index (κ3) is 4.64. The number of aromatic nitrogens is 2. The molecule has 6 heteroatoms. The SMILES string of the molecule is CCCn1nccc1NC1CCN(C(=O)OC(C)(C)C)CC1. The lowest BCUT2D eigenvalue weighted by Gasteiger charge is -2.34. The van der Waals surface area contributed by atoms with Gasteiger partial charge in [-0.25, -0.2) is 9.48 Å². The maximum atomic E-state index is 12.0. The predicted octanol–water partition coefficient (Wildman–Crippen LogP) is 3.10. The van der Waals surface area contributed by atoms with E-state index in [0.29, 0.717) is 6.04 Å². The van der Waals surface area contributed by atoms with Crippen molar-refractivity contribution in [3.05, 3.63) is 12.3 Å². The van der Waals surface area contributed by atoms with Crippen molar-refractivity contribution in [1.82, 2.24) is 14.7 Å². The van der Waals surface area contributed by atoms with Crippen molar-refractivity contribution in [2.45, 2.75) is 65.1 Å². The van der Waals surface area contributed by atoms with Crippen LogP contribution in [-0.4, -0.2) is 45.5 Å². The number of amides is 1. The van der Waals surface area contributed by atoms with Crippen LogP contribution in [0, 0.1) is 0 Å². The molecule has 6 nitrogen and oxygen atoms in total. The van der Waals surface area contributed by atoms with Crippen LogP contribution in [0.4, 0.5) is 10.6 Å². The molecule has 0 unspecified atom stereocenters. The molecule has 124 valence electrons. The van der Waals surface area contributed by atoms with E-state index in [0.717, 1.165) is 44.7 Å². The molecular formula is C16H28N4O2. The normalized spacial score (nSPS) is 16.6. The Hall–Kier alpha value is -1.72. The highest BCUT2D eigenvalue weighted by atomic mass is 16.6. The largest absolute Gasteiger partial charge is 0.444 e. The second kappa shape index (κ2) is 7.03. The molecule has 0 bridgehead atoms. The summed E-state index contributed by atoms with van der Waals surface area (Å²) in [4.78, 5) is 13.8. The quantitative estimate of drug-likeness (QED) is 0.928. The number of nitrogens with zero attached hydrogens (tertiary/aromatic N) is 3. The van der Waals surface area contributed by atoms with Crippen LogP contribution >= 0.6 is 0 Å². The van der Waals surface area contributed by atoms with Gasteiger partial charge in [-0.15, -0.1) is 0 Å². The number of rotatable bonds is 4. The number of ether oxygens (including phenoxy) is 1. The summed E-state index contributed by atoms with van der Waals surface area (Å²) in [6.07, 6.45) is 4.54. The number of piperidine rings is 1. The number of likely N-dealkylation sites (tertiary alicyclic amines) is 1. The van der Waals surface area contributed by atoms with Crippen molar-refractivity contribution >= 4 is 11.9 Å². The molecule has 1 aliphatic heterocycles. The zero-order valence-electron chi connectivity index (χ0n) is 14.1. The van der Waals surface area contributed by atoms with Gasteiger partial charge in [0.1, 0.15) is 11.4 Å². The molecule has 2 rings (SSSR count). The maximum absolute atomic E-state index is 12.0. The van der Waals surface area contributed by atoms with E-state index in [-0.39, 0.29) is 6.09 Å². The Morgan fingerprint density at radius 2 is 2.09 bits per heavy atom. The molecule has 2 heterocycles. The molecule has 1 aliphatic rings. The van der Waals surface area contributed by atoms with Gasteiger partial charge in [0.05, 0.1) is 6.20 Å². The van der Waals surface area contributed by atoms with Crippen molar-refractivity contribution < 1.29 is 9.53 Å². The second-order valence-corrected chi connectivity index (χ2v) is 6.83. The Labute approximate surface area is 132 Å². The minimum atomic E-state index is -0.432. The Balaban J connectivity index is 1.82. The molecule has 0 radical (unpaired) electrons. The average Bonchev–Trinajstić information content (AvgIpc) is 2.85. The van der Waals surface area contributed by atoms with Crippen LogP contribution < -0.4 is 5.32 Å². The van der Waals surface area contributed by atoms with Crippen LogP contribution in [0.25, 0.3) is 0 Å². The van der Waals surface area contributed by atoms with Crippen LogP contribution in [0.5, 0.6) is 0 Å². The van der Waals surface area contributed by atoms with Gasteiger partial charge < -0.3 is 15.0 Å². The minimum absolute atomic E-state index is 0.207. The van der Waals surface area contributed by atoms with Crippen molar-refractivity contribution in [2.75, 3.05) is 18.4 Å². The van der Waals surface area contributed by atoms with Crippen molar-refractivity contribution in [3.63, 3.8) is 0 Å². The molecule has 0 atom stereocenters. The molecule has 0 spiro atoms. The molecular weight excluding hydrogens is 280 g/mol. The Kier molecular flexibility index (Phi) is 5.32. The lowest BCUT2D eigenvalue weighted by Crippen LogP contribution is -2.44. The third-order valence-electron chi connectivity index (χ3n) is 3.65. The van der Waals surface area contributed by atoms with Crippen LogP contribution in [0.15, 0.2) is 12.3 Å². The first-order valence-corrected chi connectivity index (χ1v) is 8.15. The van der Waals surface area contributed by atoms with E-state index in [9.17, 15) is 4.79 Å². The highest BCUT2D eigenvalue weighted by Gasteiger charge is 2.27. The van der Waals surface area contributed by atoms with Crippen molar-refractivity contribution in [1.29, 1.82) is 0 Å². The summed E-state index contributed by atoms with van der Waals surface area (Å²) in [7, 11) is 0. The fraction of sp³-hybridized carbons (Fsp3) is 0.750. The predicted molar refractivity (Wildman–Crippen MR) is 87.0 cm³/mol. The number of aryl methyl sites for hydroxylation is 1. The fourth-order valence-corrected chi connectivity index (χ4v) is 2.59. The smallest absolute Gasteiger partial charge is 0.410 e. The van der Waals surface area contributed by atoms with E-state index in [1.54, 1.807) is 4.90 Å². The molecule has 1 aromatic rings. The lowest BCUT2D eigenvalue weighted by molar-refractivity contribution is 0.0210. The van der Waals surface area contributed by atoms with E-state index in [1.807, 2.05) is 37.7 Å². The highest BCUT2D eigenvalue weighted by molar-refractivity contribution is 5.68. The number of anilines is 1. The minimum Gasteiger partial charge on any atom is -0.444 e. The van der Waals surface area contributed by atoms with E-state index in [2.05, 4.69) is 17.3 Å². The lowest BCUT2D eigenvalue weighted by atomic mass is 10.1. The third-order valence-corrected chi connectivity index (χ3v) is 3.65. The number of carbonyl (C=O) groups is 1.